The van der Waals surface area contributed by atoms with Gasteiger partial charge in [0.1, 0.15) is 11.5 Å². The minimum atomic E-state index is -2.82. The summed E-state index contributed by atoms with van der Waals surface area (Å²) in [5.74, 6) is 0.638. The average molecular weight is 722 g/mol. The topological polar surface area (TPSA) is 162 Å². The molecule has 0 saturated carbocycles. The molecule has 0 spiro atoms. The van der Waals surface area contributed by atoms with Crippen molar-refractivity contribution in [2.45, 2.75) is 24.9 Å². The molecule has 1 radical (unpaired) electrons. The Hall–Kier alpha value is -3.10. The van der Waals surface area contributed by atoms with Gasteiger partial charge in [0.2, 0.25) is 5.95 Å². The van der Waals surface area contributed by atoms with Crippen LogP contribution >= 0.6 is 0 Å². The molecule has 0 aliphatic carbocycles. The van der Waals surface area contributed by atoms with Crippen LogP contribution in [0, 0.1) is 0 Å². The Bertz CT molecular complexity index is 1300. The van der Waals surface area contributed by atoms with E-state index in [-0.39, 0.29) is 40.5 Å². The number of phenols is 2. The Morgan fingerprint density at radius 1 is 0.630 bits per heavy atom. The van der Waals surface area contributed by atoms with Gasteiger partial charge in [-0.15, -0.1) is 0 Å². The van der Waals surface area contributed by atoms with E-state index >= 15 is 0 Å². The van der Waals surface area contributed by atoms with E-state index < -0.39 is 17.6 Å². The van der Waals surface area contributed by atoms with Crippen LogP contribution in [0.4, 0.5) is 17.8 Å². The largest absolute Gasteiger partial charge is 0.507 e. The molecular formula is C29H42CuN6O8Si2. The maximum absolute atomic E-state index is 10.2. The molecule has 3 rings (SSSR count). The summed E-state index contributed by atoms with van der Waals surface area (Å²) >= 11 is 0. The van der Waals surface area contributed by atoms with Gasteiger partial charge in [-0.25, -0.2) is 9.98 Å². The van der Waals surface area contributed by atoms with Gasteiger partial charge in [0.15, 0.2) is 0 Å². The number of anilines is 1. The average Bonchev–Trinajstić information content (AvgIpc) is 3.07. The van der Waals surface area contributed by atoms with E-state index in [1.54, 1.807) is 91.2 Å². The number of para-hydroxylation sites is 2. The van der Waals surface area contributed by atoms with Crippen LogP contribution in [0.5, 0.6) is 11.5 Å². The van der Waals surface area contributed by atoms with Crippen molar-refractivity contribution in [1.82, 2.24) is 15.0 Å². The van der Waals surface area contributed by atoms with Crippen LogP contribution in [0.2, 0.25) is 12.1 Å². The molecule has 14 nitrogen and oxygen atoms in total. The van der Waals surface area contributed by atoms with Crippen molar-refractivity contribution in [3.05, 3.63) is 59.7 Å². The molecule has 0 aliphatic heterocycles. The fourth-order valence-electron chi connectivity index (χ4n) is 4.45. The first-order valence-electron chi connectivity index (χ1n) is 14.2. The minimum absolute atomic E-state index is 0. The summed E-state index contributed by atoms with van der Waals surface area (Å²) in [6, 6.07) is 14.7. The number of benzene rings is 2. The minimum Gasteiger partial charge on any atom is -0.507 e. The van der Waals surface area contributed by atoms with Crippen molar-refractivity contribution in [2.24, 2.45) is 9.98 Å². The molecule has 2 N–H and O–H groups in total. The maximum Gasteiger partial charge on any atom is 0.500 e. The van der Waals surface area contributed by atoms with Crippen LogP contribution < -0.4 is 4.90 Å². The standard InChI is InChI=1S/C29H42N6O8Si2.Cu/c1-38-44(39-2,40-3)19-11-17-35(18-12-20-45(41-4,42-5)43-6)29-33-27(30-21-23-13-7-9-15-25(23)36)32-28(34-29)31-22-24-14-8-10-16-26(24)37;/h7-10,13-16,21-22,36-37H,11-12,17-20H2,1-6H3;/b30-21+,31-22+;. The van der Waals surface area contributed by atoms with Crippen molar-refractivity contribution in [3.8, 4) is 11.5 Å². The van der Waals surface area contributed by atoms with Crippen LogP contribution in [-0.2, 0) is 43.6 Å². The molecule has 0 saturated heterocycles. The monoisotopic (exact) mass is 721 g/mol. The molecule has 3 aromatic rings. The molecule has 0 bridgehead atoms. The van der Waals surface area contributed by atoms with Crippen molar-refractivity contribution in [2.75, 3.05) is 60.6 Å². The molecule has 46 heavy (non-hydrogen) atoms. The Morgan fingerprint density at radius 3 is 1.35 bits per heavy atom. The van der Waals surface area contributed by atoms with Gasteiger partial charge in [-0.1, -0.05) is 24.3 Å². The van der Waals surface area contributed by atoms with E-state index in [1.807, 2.05) is 4.90 Å². The molecule has 0 fully saturated rings. The molecule has 17 heteroatoms. The van der Waals surface area contributed by atoms with Gasteiger partial charge < -0.3 is 41.7 Å². The van der Waals surface area contributed by atoms with E-state index in [0.717, 1.165) is 0 Å². The van der Waals surface area contributed by atoms with Gasteiger partial charge in [-0.3, -0.25) is 0 Å². The van der Waals surface area contributed by atoms with Crippen molar-refractivity contribution < 1.29 is 53.8 Å². The molecule has 0 unspecified atom stereocenters. The Morgan fingerprint density at radius 2 is 1.00 bits per heavy atom. The summed E-state index contributed by atoms with van der Waals surface area (Å²) in [6.45, 7) is 1.03. The summed E-state index contributed by atoms with van der Waals surface area (Å²) in [4.78, 5) is 24.5. The first kappa shape index (κ1) is 39.1. The molecule has 2 aromatic carbocycles. The van der Waals surface area contributed by atoms with Gasteiger partial charge in [-0.05, 0) is 37.1 Å². The first-order valence-corrected chi connectivity index (χ1v) is 18.1. The van der Waals surface area contributed by atoms with Crippen LogP contribution in [0.3, 0.4) is 0 Å². The summed E-state index contributed by atoms with van der Waals surface area (Å²) in [5, 5.41) is 20.4. The Labute approximate surface area is 282 Å². The third-order valence-corrected chi connectivity index (χ3v) is 12.7. The third kappa shape index (κ3) is 11.0. The number of aliphatic imine (C=N–C) groups is 2. The fourth-order valence-corrected chi connectivity index (χ4v) is 7.85. The molecule has 0 amide bonds. The third-order valence-electron chi connectivity index (χ3n) is 7.08. The van der Waals surface area contributed by atoms with E-state index in [2.05, 4.69) is 24.9 Å². The summed E-state index contributed by atoms with van der Waals surface area (Å²) in [6.07, 6.45) is 4.23. The predicted molar refractivity (Wildman–Crippen MR) is 175 cm³/mol. The molecule has 0 atom stereocenters. The molecule has 0 aliphatic rings. The second-order valence-electron chi connectivity index (χ2n) is 9.65. The molecule has 1 heterocycles. The van der Waals surface area contributed by atoms with E-state index in [0.29, 0.717) is 55.1 Å². The van der Waals surface area contributed by atoms with Gasteiger partial charge >= 0.3 is 17.6 Å². The van der Waals surface area contributed by atoms with E-state index in [9.17, 15) is 10.2 Å². The molecule has 1 aromatic heterocycles. The van der Waals surface area contributed by atoms with Gasteiger partial charge in [0, 0.05) is 108 Å². The van der Waals surface area contributed by atoms with E-state index in [4.69, 9.17) is 26.6 Å². The van der Waals surface area contributed by atoms with Crippen LogP contribution in [-0.4, -0.2) is 111 Å². The number of rotatable bonds is 19. The van der Waals surface area contributed by atoms with Crippen molar-refractivity contribution in [1.29, 1.82) is 0 Å². The smallest absolute Gasteiger partial charge is 0.500 e. The number of hydrogen-bond acceptors (Lipinski definition) is 14. The fraction of sp³-hybridized carbons (Fsp3) is 0.414. The Kier molecular flexibility index (Phi) is 16.6. The number of aromatic hydroxyl groups is 2. The van der Waals surface area contributed by atoms with Crippen LogP contribution in [0.1, 0.15) is 24.0 Å². The van der Waals surface area contributed by atoms with Crippen molar-refractivity contribution in [3.63, 3.8) is 0 Å². The second-order valence-corrected chi connectivity index (χ2v) is 15.8. The molecule has 255 valence electrons. The predicted octanol–water partition coefficient (Wildman–Crippen LogP) is 4.12. The number of phenolic OH excluding ortho intramolecular Hbond substituents is 2. The summed E-state index contributed by atoms with van der Waals surface area (Å²) < 4.78 is 33.7. The van der Waals surface area contributed by atoms with Gasteiger partial charge in [-0.2, -0.15) is 15.0 Å². The second kappa shape index (κ2) is 19.5. The summed E-state index contributed by atoms with van der Waals surface area (Å²) in [5.41, 5.74) is 0.992. The van der Waals surface area contributed by atoms with Crippen LogP contribution in [0.15, 0.2) is 58.5 Å². The van der Waals surface area contributed by atoms with E-state index in [1.165, 1.54) is 12.4 Å². The summed E-state index contributed by atoms with van der Waals surface area (Å²) in [7, 11) is 3.83. The van der Waals surface area contributed by atoms with Crippen LogP contribution in [0.25, 0.3) is 0 Å². The zero-order chi connectivity index (χ0) is 32.7. The zero-order valence-electron chi connectivity index (χ0n) is 26.8. The van der Waals surface area contributed by atoms with Gasteiger partial charge in [0.05, 0.1) is 0 Å². The van der Waals surface area contributed by atoms with Gasteiger partial charge in [0.25, 0.3) is 11.9 Å². The number of nitrogens with zero attached hydrogens (tertiary/aromatic N) is 6. The SMILES string of the molecule is CO[Si](CCCN(CCC[Si](OC)(OC)OC)c1nc(/N=C/c2ccccc2O)nc(/N=C/c2ccccc2O)n1)(OC)OC.[Cu]. The normalized spacial score (nSPS) is 12.1. The number of hydrogen-bond donors (Lipinski definition) is 2. The molecular weight excluding hydrogens is 680 g/mol. The quantitative estimate of drug-likeness (QED) is 0.135. The Balaban J connectivity index is 0.00000736. The number of aromatic nitrogens is 3. The van der Waals surface area contributed by atoms with Crippen molar-refractivity contribution >= 4 is 47.9 Å². The zero-order valence-corrected chi connectivity index (χ0v) is 29.8. The maximum atomic E-state index is 10.2. The first-order chi connectivity index (χ1) is 21.8.